The van der Waals surface area contributed by atoms with Crippen LogP contribution in [0.3, 0.4) is 0 Å². The highest BCUT2D eigenvalue weighted by molar-refractivity contribution is 9.10. The van der Waals surface area contributed by atoms with Crippen molar-refractivity contribution in [1.29, 1.82) is 0 Å². The van der Waals surface area contributed by atoms with Crippen LogP contribution in [-0.4, -0.2) is 20.1 Å². The Morgan fingerprint density at radius 2 is 1.83 bits per heavy atom. The van der Waals surface area contributed by atoms with Crippen molar-refractivity contribution in [3.63, 3.8) is 0 Å². The zero-order valence-electron chi connectivity index (χ0n) is 12.9. The molecule has 1 unspecified atom stereocenters. The Bertz CT molecular complexity index is 930. The Morgan fingerprint density at radius 3 is 2.50 bits per heavy atom. The number of rotatable bonds is 5. The molecule has 1 atom stereocenters. The first-order valence-corrected chi connectivity index (χ1v) is 10.3. The highest BCUT2D eigenvalue weighted by Gasteiger charge is 2.28. The fourth-order valence-electron chi connectivity index (χ4n) is 2.27. The summed E-state index contributed by atoms with van der Waals surface area (Å²) in [4.78, 5) is 0.889. The van der Waals surface area contributed by atoms with Gasteiger partial charge in [0.1, 0.15) is 5.60 Å². The van der Waals surface area contributed by atoms with E-state index in [1.807, 2.05) is 30.3 Å². The molecule has 0 radical (unpaired) electrons. The summed E-state index contributed by atoms with van der Waals surface area (Å²) in [6.07, 6.45) is 0. The Balaban J connectivity index is 1.80. The second-order valence-corrected chi connectivity index (χ2v) is 9.47. The first-order valence-electron chi connectivity index (χ1n) is 7.25. The van der Waals surface area contributed by atoms with Gasteiger partial charge in [0.05, 0.1) is 4.90 Å². The zero-order chi connectivity index (χ0) is 17.4. The molecule has 2 N–H and O–H groups in total. The van der Waals surface area contributed by atoms with Crippen molar-refractivity contribution in [3.8, 4) is 0 Å². The third-order valence-corrected chi connectivity index (χ3v) is 7.00. The molecule has 0 aliphatic carbocycles. The molecule has 0 spiro atoms. The van der Waals surface area contributed by atoms with E-state index >= 15 is 0 Å². The summed E-state index contributed by atoms with van der Waals surface area (Å²) in [5, 5.41) is 11.8. The van der Waals surface area contributed by atoms with Gasteiger partial charge in [0, 0.05) is 20.6 Å². The van der Waals surface area contributed by atoms with Gasteiger partial charge in [-0.2, -0.15) is 0 Å². The van der Waals surface area contributed by atoms with Crippen LogP contribution in [-0.2, 0) is 15.6 Å². The van der Waals surface area contributed by atoms with Crippen LogP contribution in [0.4, 0.5) is 0 Å². The van der Waals surface area contributed by atoms with Crippen molar-refractivity contribution in [2.75, 3.05) is 6.54 Å². The number of aliphatic hydroxyl groups is 1. The molecule has 0 aliphatic rings. The normalized spacial score (nSPS) is 14.6. The van der Waals surface area contributed by atoms with E-state index < -0.39 is 15.6 Å². The van der Waals surface area contributed by atoms with E-state index in [9.17, 15) is 13.5 Å². The Labute approximate surface area is 153 Å². The summed E-state index contributed by atoms with van der Waals surface area (Å²) in [6, 6.07) is 16.1. The monoisotopic (exact) mass is 425 g/mol. The van der Waals surface area contributed by atoms with Gasteiger partial charge in [-0.1, -0.05) is 34.1 Å². The average molecular weight is 426 g/mol. The van der Waals surface area contributed by atoms with Crippen molar-refractivity contribution < 1.29 is 13.5 Å². The average Bonchev–Trinajstić information content (AvgIpc) is 2.99. The van der Waals surface area contributed by atoms with Crippen LogP contribution in [0.1, 0.15) is 11.8 Å². The van der Waals surface area contributed by atoms with Gasteiger partial charge < -0.3 is 5.11 Å². The van der Waals surface area contributed by atoms with Crippen molar-refractivity contribution >= 4 is 47.4 Å². The number of thiophene rings is 1. The van der Waals surface area contributed by atoms with Gasteiger partial charge in [-0.25, -0.2) is 13.1 Å². The lowest BCUT2D eigenvalue weighted by molar-refractivity contribution is 0.0666. The number of sulfonamides is 1. The number of hydrogen-bond donors (Lipinski definition) is 2. The minimum Gasteiger partial charge on any atom is -0.383 e. The SMILES string of the molecule is CC(O)(CNS(=O)(=O)c1ccc(Br)cc1)c1cc2ccccc2s1. The predicted octanol–water partition coefficient (Wildman–Crippen LogP) is 3.85. The summed E-state index contributed by atoms with van der Waals surface area (Å²) < 4.78 is 29.1. The number of benzene rings is 2. The number of nitrogens with one attached hydrogen (secondary N) is 1. The van der Waals surface area contributed by atoms with E-state index in [0.717, 1.165) is 19.4 Å². The molecule has 4 nitrogen and oxygen atoms in total. The molecule has 2 aromatic carbocycles. The van der Waals surface area contributed by atoms with Gasteiger partial charge in [0.25, 0.3) is 0 Å². The van der Waals surface area contributed by atoms with Crippen LogP contribution in [0.15, 0.2) is 64.0 Å². The highest BCUT2D eigenvalue weighted by atomic mass is 79.9. The zero-order valence-corrected chi connectivity index (χ0v) is 16.1. The third-order valence-electron chi connectivity index (χ3n) is 3.69. The molecular weight excluding hydrogens is 410 g/mol. The number of halogens is 1. The first kappa shape index (κ1) is 17.6. The molecule has 1 aromatic heterocycles. The summed E-state index contributed by atoms with van der Waals surface area (Å²) in [7, 11) is -3.67. The van der Waals surface area contributed by atoms with E-state index in [-0.39, 0.29) is 11.4 Å². The smallest absolute Gasteiger partial charge is 0.240 e. The van der Waals surface area contributed by atoms with Gasteiger partial charge in [0.2, 0.25) is 10.0 Å². The second-order valence-electron chi connectivity index (χ2n) is 5.70. The lowest BCUT2D eigenvalue weighted by Crippen LogP contribution is -2.38. The molecule has 0 amide bonds. The lowest BCUT2D eigenvalue weighted by atomic mass is 10.1. The molecule has 3 rings (SSSR count). The molecule has 0 saturated heterocycles. The maximum atomic E-state index is 12.4. The third kappa shape index (κ3) is 3.70. The molecule has 0 fully saturated rings. The topological polar surface area (TPSA) is 66.4 Å². The van der Waals surface area contributed by atoms with Crippen LogP contribution in [0.2, 0.25) is 0 Å². The Hall–Kier alpha value is -1.25. The van der Waals surface area contributed by atoms with Crippen molar-refractivity contribution in [1.82, 2.24) is 4.72 Å². The van der Waals surface area contributed by atoms with E-state index in [1.54, 1.807) is 19.1 Å². The first-order chi connectivity index (χ1) is 11.3. The number of fused-ring (bicyclic) bond motifs is 1. The Morgan fingerprint density at radius 1 is 1.17 bits per heavy atom. The van der Waals surface area contributed by atoms with Gasteiger partial charge in [-0.15, -0.1) is 11.3 Å². The number of hydrogen-bond acceptors (Lipinski definition) is 4. The highest BCUT2D eigenvalue weighted by Crippen LogP contribution is 2.33. The standard InChI is InChI=1S/C17H16BrNO3S2/c1-17(20,16-10-12-4-2-3-5-15(12)23-16)11-19-24(21,22)14-8-6-13(18)7-9-14/h2-10,19-20H,11H2,1H3. The van der Waals surface area contributed by atoms with Crippen LogP contribution in [0, 0.1) is 0 Å². The van der Waals surface area contributed by atoms with Crippen LogP contribution < -0.4 is 4.72 Å². The molecular formula is C17H16BrNO3S2. The van der Waals surface area contributed by atoms with Gasteiger partial charge >= 0.3 is 0 Å². The minimum atomic E-state index is -3.67. The summed E-state index contributed by atoms with van der Waals surface area (Å²) in [5.74, 6) is 0. The Kier molecular flexibility index (Phi) is 4.81. The fourth-order valence-corrected chi connectivity index (χ4v) is 4.77. The van der Waals surface area contributed by atoms with Gasteiger partial charge in [-0.05, 0) is 48.7 Å². The molecule has 0 bridgehead atoms. The quantitative estimate of drug-likeness (QED) is 0.652. The van der Waals surface area contributed by atoms with Gasteiger partial charge in [0.15, 0.2) is 0 Å². The lowest BCUT2D eigenvalue weighted by Gasteiger charge is -2.22. The molecule has 3 aromatic rings. The summed E-state index contributed by atoms with van der Waals surface area (Å²) in [5.41, 5.74) is -1.29. The fraction of sp³-hybridized carbons (Fsp3) is 0.176. The predicted molar refractivity (Wildman–Crippen MR) is 101 cm³/mol. The van der Waals surface area contributed by atoms with Crippen LogP contribution >= 0.6 is 27.3 Å². The maximum Gasteiger partial charge on any atom is 0.240 e. The molecule has 0 saturated carbocycles. The van der Waals surface area contributed by atoms with Crippen molar-refractivity contribution in [3.05, 3.63) is 63.9 Å². The second kappa shape index (κ2) is 6.57. The van der Waals surface area contributed by atoms with E-state index in [2.05, 4.69) is 20.7 Å². The molecule has 126 valence electrons. The van der Waals surface area contributed by atoms with E-state index in [4.69, 9.17) is 0 Å². The summed E-state index contributed by atoms with van der Waals surface area (Å²) in [6.45, 7) is 1.51. The molecule has 1 heterocycles. The molecule has 7 heteroatoms. The molecule has 24 heavy (non-hydrogen) atoms. The van der Waals surface area contributed by atoms with E-state index in [1.165, 1.54) is 23.5 Å². The maximum absolute atomic E-state index is 12.4. The van der Waals surface area contributed by atoms with Gasteiger partial charge in [-0.3, -0.25) is 0 Å². The van der Waals surface area contributed by atoms with Crippen molar-refractivity contribution in [2.45, 2.75) is 17.4 Å². The largest absolute Gasteiger partial charge is 0.383 e. The molecule has 0 aliphatic heterocycles. The summed E-state index contributed by atoms with van der Waals surface area (Å²) >= 11 is 4.74. The minimum absolute atomic E-state index is 0.0990. The van der Waals surface area contributed by atoms with Crippen LogP contribution in [0.25, 0.3) is 10.1 Å². The van der Waals surface area contributed by atoms with E-state index in [0.29, 0.717) is 0 Å². The van der Waals surface area contributed by atoms with Crippen LogP contribution in [0.5, 0.6) is 0 Å². The van der Waals surface area contributed by atoms with Crippen molar-refractivity contribution in [2.24, 2.45) is 0 Å².